The number of esters is 1. The summed E-state index contributed by atoms with van der Waals surface area (Å²) in [4.78, 5) is 41.9. The Bertz CT molecular complexity index is 634. The minimum Gasteiger partial charge on any atom is -1.00 e. The molecule has 1 unspecified atom stereocenters. The zero-order chi connectivity index (χ0) is 29.2. The van der Waals surface area contributed by atoms with Crippen molar-refractivity contribution in [2.45, 2.75) is 134 Å². The van der Waals surface area contributed by atoms with Crippen LogP contribution >= 0.6 is 0 Å². The van der Waals surface area contributed by atoms with Crippen LogP contribution in [0.15, 0.2) is 0 Å². The third kappa shape index (κ3) is 29.6. The molecule has 0 radical (unpaired) electrons. The topological polar surface area (TPSA) is 199 Å². The summed E-state index contributed by atoms with van der Waals surface area (Å²) in [5.41, 5.74) is -2.74. The SMILES string of the molecule is CCCCCCCCCCCCCCCCCC(=O)OCC(O)CO.O=C(O)CC(O)(CC(=O)O)C(=O)O.[H-].[Na+]. The number of aliphatic hydroxyl groups excluding tert-OH is 2. The van der Waals surface area contributed by atoms with Crippen LogP contribution < -0.4 is 29.6 Å². The van der Waals surface area contributed by atoms with Crippen molar-refractivity contribution in [1.82, 2.24) is 0 Å². The molecule has 0 heterocycles. The minimum absolute atomic E-state index is 0. The average molecular weight is 575 g/mol. The summed E-state index contributed by atoms with van der Waals surface area (Å²) in [6.45, 7) is 1.79. The number of carbonyl (C=O) groups is 4. The number of ether oxygens (including phenoxy) is 1. The number of unbranched alkanes of at least 4 members (excludes halogenated alkanes) is 14. The third-order valence-electron chi connectivity index (χ3n) is 5.92. The molecular weight excluding hydrogens is 523 g/mol. The average Bonchev–Trinajstić information content (AvgIpc) is 2.84. The maximum atomic E-state index is 11.4. The van der Waals surface area contributed by atoms with E-state index in [9.17, 15) is 19.2 Å². The van der Waals surface area contributed by atoms with Crippen molar-refractivity contribution in [2.24, 2.45) is 0 Å². The summed E-state index contributed by atoms with van der Waals surface area (Å²) in [6, 6.07) is 0. The Kier molecular flexibility index (Phi) is 30.6. The van der Waals surface area contributed by atoms with Gasteiger partial charge in [-0.25, -0.2) is 4.79 Å². The van der Waals surface area contributed by atoms with Crippen molar-refractivity contribution in [2.75, 3.05) is 13.2 Å². The van der Waals surface area contributed by atoms with Crippen LogP contribution in [0.5, 0.6) is 0 Å². The van der Waals surface area contributed by atoms with Gasteiger partial charge in [-0.1, -0.05) is 96.8 Å². The van der Waals surface area contributed by atoms with Gasteiger partial charge in [0.25, 0.3) is 0 Å². The van der Waals surface area contributed by atoms with Gasteiger partial charge in [-0.15, -0.1) is 0 Å². The molecule has 226 valence electrons. The molecule has 0 aliphatic rings. The molecule has 1 atom stereocenters. The van der Waals surface area contributed by atoms with Gasteiger partial charge in [-0.2, -0.15) is 0 Å². The Morgan fingerprint density at radius 1 is 0.718 bits per heavy atom. The van der Waals surface area contributed by atoms with E-state index in [1.165, 1.54) is 83.5 Å². The molecule has 0 saturated carbocycles. The van der Waals surface area contributed by atoms with Crippen molar-refractivity contribution >= 4 is 23.9 Å². The van der Waals surface area contributed by atoms with Crippen molar-refractivity contribution in [3.8, 4) is 0 Å². The molecule has 0 amide bonds. The van der Waals surface area contributed by atoms with Crippen LogP contribution in [0.4, 0.5) is 0 Å². The Morgan fingerprint density at radius 3 is 1.38 bits per heavy atom. The van der Waals surface area contributed by atoms with Gasteiger partial charge >= 0.3 is 53.4 Å². The number of carbonyl (C=O) groups excluding carboxylic acids is 1. The largest absolute Gasteiger partial charge is 1.00 e. The molecule has 0 aromatic carbocycles. The zero-order valence-corrected chi connectivity index (χ0v) is 25.9. The molecule has 0 aliphatic carbocycles. The summed E-state index contributed by atoms with van der Waals surface area (Å²) in [7, 11) is 0. The van der Waals surface area contributed by atoms with E-state index < -0.39 is 42.5 Å². The van der Waals surface area contributed by atoms with E-state index in [1.807, 2.05) is 0 Å². The molecule has 0 aromatic rings. The second-order valence-corrected chi connectivity index (χ2v) is 9.70. The fourth-order valence-corrected chi connectivity index (χ4v) is 3.67. The normalized spacial score (nSPS) is 11.5. The number of hydrogen-bond acceptors (Lipinski definition) is 8. The molecule has 0 spiro atoms. The first-order valence-electron chi connectivity index (χ1n) is 13.8. The number of carboxylic acid groups (broad SMARTS) is 3. The van der Waals surface area contributed by atoms with Gasteiger partial charge < -0.3 is 36.8 Å². The number of hydrogen-bond donors (Lipinski definition) is 6. The summed E-state index contributed by atoms with van der Waals surface area (Å²) < 4.78 is 4.86. The van der Waals surface area contributed by atoms with Gasteiger partial charge in [0.1, 0.15) is 12.7 Å². The fraction of sp³-hybridized carbons (Fsp3) is 0.852. The maximum Gasteiger partial charge on any atom is 1.00 e. The third-order valence-corrected chi connectivity index (χ3v) is 5.92. The Hall–Kier alpha value is -1.24. The molecule has 39 heavy (non-hydrogen) atoms. The minimum atomic E-state index is -2.74. The second-order valence-electron chi connectivity index (χ2n) is 9.70. The summed E-state index contributed by atoms with van der Waals surface area (Å²) in [6.07, 6.45) is 16.7. The van der Waals surface area contributed by atoms with Crippen LogP contribution in [0.1, 0.15) is 124 Å². The molecule has 0 bridgehead atoms. The van der Waals surface area contributed by atoms with E-state index in [4.69, 9.17) is 35.4 Å². The van der Waals surface area contributed by atoms with Crippen LogP contribution in [0, 0.1) is 0 Å². The number of aliphatic carboxylic acids is 3. The van der Waals surface area contributed by atoms with Gasteiger partial charge in [0.05, 0.1) is 19.4 Å². The summed E-state index contributed by atoms with van der Waals surface area (Å²) in [5, 5.41) is 51.5. The quantitative estimate of drug-likeness (QED) is 0.0546. The number of rotatable bonds is 24. The zero-order valence-electron chi connectivity index (χ0n) is 24.9. The van der Waals surface area contributed by atoms with Gasteiger partial charge in [-0.3, -0.25) is 14.4 Å². The monoisotopic (exact) mass is 574 g/mol. The standard InChI is InChI=1S/C21H42O4.C6H8O7.Na.H/c1-2-3-4-5-6-7-8-9-10-11-12-13-14-15-16-17-21(24)25-19-20(23)18-22;7-3(8)1-6(13,5(11)12)2-4(9)10;;/h20,22-23H,2-19H2,1H3;13H,1-2H2,(H,7,8)(H,9,10)(H,11,12);;/q;;+1;-1. The van der Waals surface area contributed by atoms with E-state index in [0.29, 0.717) is 6.42 Å². The molecule has 6 N–H and O–H groups in total. The van der Waals surface area contributed by atoms with Crippen molar-refractivity contribution in [3.05, 3.63) is 0 Å². The van der Waals surface area contributed by atoms with Crippen molar-refractivity contribution in [3.63, 3.8) is 0 Å². The van der Waals surface area contributed by atoms with Crippen LogP contribution in [-0.4, -0.2) is 79.4 Å². The molecule has 0 rings (SSSR count). The predicted octanol–water partition coefficient (Wildman–Crippen LogP) is 1.01. The molecule has 0 aliphatic heterocycles. The second kappa shape index (κ2) is 28.3. The van der Waals surface area contributed by atoms with E-state index >= 15 is 0 Å². The number of carboxylic acids is 3. The Morgan fingerprint density at radius 2 is 1.08 bits per heavy atom. The van der Waals surface area contributed by atoms with E-state index in [2.05, 4.69) is 6.92 Å². The van der Waals surface area contributed by atoms with Crippen molar-refractivity contribution < 1.29 is 85.5 Å². The summed E-state index contributed by atoms with van der Waals surface area (Å²) in [5.74, 6) is -5.29. The van der Waals surface area contributed by atoms with Gasteiger partial charge in [-0.05, 0) is 6.42 Å². The van der Waals surface area contributed by atoms with Crippen LogP contribution in [0.3, 0.4) is 0 Å². The molecule has 0 fully saturated rings. The molecule has 0 aromatic heterocycles. The molecular formula is C27H51NaO11. The Balaban J connectivity index is -0.000000368. The van der Waals surface area contributed by atoms with E-state index in [1.54, 1.807) is 0 Å². The molecule has 12 heteroatoms. The molecule has 11 nitrogen and oxygen atoms in total. The Labute approximate surface area is 256 Å². The first-order valence-corrected chi connectivity index (χ1v) is 13.8. The van der Waals surface area contributed by atoms with E-state index in [-0.39, 0.29) is 50.2 Å². The van der Waals surface area contributed by atoms with Gasteiger partial charge in [0, 0.05) is 6.42 Å². The molecule has 0 saturated heterocycles. The summed E-state index contributed by atoms with van der Waals surface area (Å²) >= 11 is 0. The van der Waals surface area contributed by atoms with E-state index in [0.717, 1.165) is 12.8 Å². The predicted molar refractivity (Wildman–Crippen MR) is 142 cm³/mol. The maximum absolute atomic E-state index is 11.4. The van der Waals surface area contributed by atoms with Gasteiger partial charge in [0.2, 0.25) is 0 Å². The first-order chi connectivity index (χ1) is 18.0. The first kappa shape index (κ1) is 42.2. The van der Waals surface area contributed by atoms with Crippen LogP contribution in [0.2, 0.25) is 0 Å². The van der Waals surface area contributed by atoms with Crippen LogP contribution in [-0.2, 0) is 23.9 Å². The van der Waals surface area contributed by atoms with Crippen molar-refractivity contribution in [1.29, 1.82) is 0 Å². The smallest absolute Gasteiger partial charge is 1.00 e. The fourth-order valence-electron chi connectivity index (χ4n) is 3.67. The van der Waals surface area contributed by atoms with Gasteiger partial charge in [0.15, 0.2) is 5.60 Å². The number of aliphatic hydroxyl groups is 3. The van der Waals surface area contributed by atoms with Crippen LogP contribution in [0.25, 0.3) is 0 Å².